The fourth-order valence-electron chi connectivity index (χ4n) is 1.43. The molecule has 0 saturated carbocycles. The molecule has 1 heterocycles. The highest BCUT2D eigenvalue weighted by molar-refractivity contribution is 8.01. The van der Waals surface area contributed by atoms with Gasteiger partial charge in [-0.1, -0.05) is 35.2 Å². The molecule has 0 radical (unpaired) electrons. The fourth-order valence-corrected chi connectivity index (χ4v) is 3.57. The van der Waals surface area contributed by atoms with E-state index in [0.717, 1.165) is 6.26 Å². The van der Waals surface area contributed by atoms with Crippen molar-refractivity contribution in [2.75, 3.05) is 17.3 Å². The van der Waals surface area contributed by atoms with E-state index in [2.05, 4.69) is 15.5 Å². The van der Waals surface area contributed by atoms with Gasteiger partial charge in [0.25, 0.3) is 0 Å². The Morgan fingerprint density at radius 1 is 1.40 bits per heavy atom. The molecule has 0 aliphatic heterocycles. The van der Waals surface area contributed by atoms with E-state index in [1.54, 1.807) is 23.7 Å². The van der Waals surface area contributed by atoms with Gasteiger partial charge in [-0.15, -0.1) is 10.2 Å². The van der Waals surface area contributed by atoms with E-state index < -0.39 is 9.84 Å². The minimum absolute atomic E-state index is 0.106. The van der Waals surface area contributed by atoms with Crippen LogP contribution < -0.4 is 5.32 Å². The van der Waals surface area contributed by atoms with Crippen molar-refractivity contribution in [3.8, 4) is 0 Å². The second-order valence-corrected chi connectivity index (χ2v) is 7.85. The summed E-state index contributed by atoms with van der Waals surface area (Å²) in [5.41, 5.74) is 1.87. The van der Waals surface area contributed by atoms with Gasteiger partial charge >= 0.3 is 0 Å². The molecule has 9 heteroatoms. The number of hydrogen-bond donors (Lipinski definition) is 1. The van der Waals surface area contributed by atoms with Crippen LogP contribution >= 0.6 is 23.1 Å². The van der Waals surface area contributed by atoms with Crippen molar-refractivity contribution in [1.82, 2.24) is 10.2 Å². The monoisotopic (exact) mass is 329 g/mol. The minimum atomic E-state index is -3.38. The zero-order valence-electron chi connectivity index (χ0n) is 10.4. The van der Waals surface area contributed by atoms with Gasteiger partial charge < -0.3 is 5.32 Å². The number of nitrogens with zero attached hydrogens (tertiary/aromatic N) is 2. The molecule has 2 rings (SSSR count). The highest BCUT2D eigenvalue weighted by Crippen LogP contribution is 2.22. The molecule has 0 saturated heterocycles. The lowest BCUT2D eigenvalue weighted by molar-refractivity contribution is -0.113. The zero-order valence-corrected chi connectivity index (χ0v) is 12.9. The van der Waals surface area contributed by atoms with E-state index in [9.17, 15) is 13.2 Å². The summed E-state index contributed by atoms with van der Waals surface area (Å²) in [6.45, 7) is 0. The predicted octanol–water partition coefficient (Wildman–Crippen LogP) is 1.67. The number of amides is 1. The number of sulfone groups is 1. The van der Waals surface area contributed by atoms with Crippen LogP contribution in [0.2, 0.25) is 0 Å². The van der Waals surface area contributed by atoms with Crippen LogP contribution in [0, 0.1) is 0 Å². The van der Waals surface area contributed by atoms with Gasteiger partial charge in [0.05, 0.1) is 16.3 Å². The summed E-state index contributed by atoms with van der Waals surface area (Å²) in [5.74, 6) is -0.144. The molecule has 0 aliphatic rings. The number of carbonyl (C=O) groups is 1. The third-order valence-corrected chi connectivity index (χ3v) is 5.24. The Hall–Kier alpha value is -1.45. The van der Waals surface area contributed by atoms with Crippen molar-refractivity contribution < 1.29 is 13.2 Å². The summed E-state index contributed by atoms with van der Waals surface area (Å²) in [7, 11) is -3.38. The molecule has 1 aromatic carbocycles. The first-order valence-corrected chi connectivity index (χ1v) is 9.20. The van der Waals surface area contributed by atoms with Crippen molar-refractivity contribution in [2.24, 2.45) is 0 Å². The average molecular weight is 329 g/mol. The lowest BCUT2D eigenvalue weighted by Gasteiger charge is -2.08. The molecule has 0 unspecified atom stereocenters. The minimum Gasteiger partial charge on any atom is -0.324 e. The molecule has 2 aromatic rings. The molecule has 1 amide bonds. The van der Waals surface area contributed by atoms with Crippen LogP contribution in [0.1, 0.15) is 0 Å². The Labute approximate surface area is 124 Å². The van der Waals surface area contributed by atoms with Crippen molar-refractivity contribution in [1.29, 1.82) is 0 Å². The average Bonchev–Trinajstić information content (AvgIpc) is 2.89. The number of thioether (sulfide) groups is 1. The highest BCUT2D eigenvalue weighted by atomic mass is 32.2. The topological polar surface area (TPSA) is 89.0 Å². The summed E-state index contributed by atoms with van der Waals surface area (Å²) < 4.78 is 23.9. The smallest absolute Gasteiger partial charge is 0.234 e. The van der Waals surface area contributed by atoms with E-state index in [-0.39, 0.29) is 22.2 Å². The van der Waals surface area contributed by atoms with Crippen LogP contribution in [0.25, 0.3) is 0 Å². The highest BCUT2D eigenvalue weighted by Gasteiger charge is 2.14. The summed E-state index contributed by atoms with van der Waals surface area (Å²) in [6, 6.07) is 6.30. The molecule has 0 fully saturated rings. The van der Waals surface area contributed by atoms with Crippen molar-refractivity contribution >= 4 is 44.5 Å². The summed E-state index contributed by atoms with van der Waals surface area (Å²) in [6.07, 6.45) is 1.11. The van der Waals surface area contributed by atoms with Crippen molar-refractivity contribution in [3.63, 3.8) is 0 Å². The second-order valence-electron chi connectivity index (χ2n) is 3.81. The molecule has 1 aromatic heterocycles. The molecule has 1 N–H and O–H groups in total. The van der Waals surface area contributed by atoms with Crippen LogP contribution in [0.3, 0.4) is 0 Å². The molecular formula is C11H11N3O3S3. The van der Waals surface area contributed by atoms with Crippen LogP contribution in [-0.4, -0.2) is 36.5 Å². The molecule has 0 spiro atoms. The van der Waals surface area contributed by atoms with Crippen LogP contribution in [0.4, 0.5) is 5.69 Å². The first-order chi connectivity index (χ1) is 9.47. The van der Waals surface area contributed by atoms with Crippen molar-refractivity contribution in [2.45, 2.75) is 9.24 Å². The number of benzene rings is 1. The SMILES string of the molecule is CS(=O)(=O)c1ccccc1NC(=O)CSc1nncs1. The Bertz CT molecular complexity index is 699. The molecular weight excluding hydrogens is 318 g/mol. The standard InChI is InChI=1S/C11H11N3O3S3/c1-20(16,17)9-5-3-2-4-8(9)13-10(15)6-18-11-14-12-7-19-11/h2-5,7H,6H2,1H3,(H,13,15). The maximum absolute atomic E-state index is 11.8. The van der Waals surface area contributed by atoms with Gasteiger partial charge in [-0.2, -0.15) is 0 Å². The Morgan fingerprint density at radius 2 is 2.15 bits per heavy atom. The number of aromatic nitrogens is 2. The number of nitrogens with one attached hydrogen (secondary N) is 1. The summed E-state index contributed by atoms with van der Waals surface area (Å²) in [5, 5.41) is 10.1. The number of hydrogen-bond acceptors (Lipinski definition) is 7. The third kappa shape index (κ3) is 4.02. The van der Waals surface area contributed by atoms with Crippen LogP contribution in [-0.2, 0) is 14.6 Å². The van der Waals surface area contributed by atoms with E-state index in [0.29, 0.717) is 4.34 Å². The number of anilines is 1. The van der Waals surface area contributed by atoms with Gasteiger partial charge in [0, 0.05) is 6.26 Å². The molecule has 106 valence electrons. The molecule has 0 bridgehead atoms. The van der Waals surface area contributed by atoms with Gasteiger partial charge in [0.1, 0.15) is 5.51 Å². The van der Waals surface area contributed by atoms with E-state index in [1.807, 2.05) is 0 Å². The third-order valence-electron chi connectivity index (χ3n) is 2.23. The van der Waals surface area contributed by atoms with Crippen LogP contribution in [0.5, 0.6) is 0 Å². The largest absolute Gasteiger partial charge is 0.324 e. The summed E-state index contributed by atoms with van der Waals surface area (Å²) in [4.78, 5) is 11.9. The fraction of sp³-hybridized carbons (Fsp3) is 0.182. The number of rotatable bonds is 5. The second kappa shape index (κ2) is 6.33. The van der Waals surface area contributed by atoms with E-state index in [1.165, 1.54) is 29.2 Å². The Kier molecular flexibility index (Phi) is 4.73. The first-order valence-electron chi connectivity index (χ1n) is 5.45. The Balaban J connectivity index is 2.05. The van der Waals surface area contributed by atoms with Gasteiger partial charge in [0.2, 0.25) is 5.91 Å². The quantitative estimate of drug-likeness (QED) is 0.839. The predicted molar refractivity (Wildman–Crippen MR) is 78.8 cm³/mol. The van der Waals surface area contributed by atoms with E-state index >= 15 is 0 Å². The van der Waals surface area contributed by atoms with E-state index in [4.69, 9.17) is 0 Å². The Morgan fingerprint density at radius 3 is 2.80 bits per heavy atom. The molecule has 0 aliphatic carbocycles. The zero-order chi connectivity index (χ0) is 14.6. The van der Waals surface area contributed by atoms with Crippen LogP contribution in [0.15, 0.2) is 39.0 Å². The lowest BCUT2D eigenvalue weighted by atomic mass is 10.3. The van der Waals surface area contributed by atoms with Gasteiger partial charge in [-0.3, -0.25) is 4.79 Å². The lowest BCUT2D eigenvalue weighted by Crippen LogP contribution is -2.16. The molecule has 0 atom stereocenters. The molecule has 6 nitrogen and oxygen atoms in total. The maximum Gasteiger partial charge on any atom is 0.234 e. The maximum atomic E-state index is 11.8. The van der Waals surface area contributed by atoms with Gasteiger partial charge in [0.15, 0.2) is 14.2 Å². The van der Waals surface area contributed by atoms with Crippen molar-refractivity contribution in [3.05, 3.63) is 29.8 Å². The summed E-state index contributed by atoms with van der Waals surface area (Å²) >= 11 is 2.59. The normalized spacial score (nSPS) is 11.2. The first kappa shape index (κ1) is 14.9. The van der Waals surface area contributed by atoms with Gasteiger partial charge in [-0.05, 0) is 12.1 Å². The number of para-hydroxylation sites is 1. The number of carbonyl (C=O) groups excluding carboxylic acids is 1. The molecule has 20 heavy (non-hydrogen) atoms. The van der Waals surface area contributed by atoms with Gasteiger partial charge in [-0.25, -0.2) is 8.42 Å².